The van der Waals surface area contributed by atoms with Crippen LogP contribution in [-0.2, 0) is 0 Å². The molecule has 5 heteroatoms. The zero-order valence-corrected chi connectivity index (χ0v) is 9.52. The molecule has 1 amide bonds. The lowest BCUT2D eigenvalue weighted by Gasteiger charge is -2.24. The molecule has 1 saturated heterocycles. The number of amides is 1. The predicted molar refractivity (Wildman–Crippen MR) is 59.7 cm³/mol. The van der Waals surface area contributed by atoms with Gasteiger partial charge in [-0.3, -0.25) is 4.79 Å². The molecule has 3 nitrogen and oxygen atoms in total. The van der Waals surface area contributed by atoms with E-state index in [1.54, 1.807) is 0 Å². The van der Waals surface area contributed by atoms with Crippen molar-refractivity contribution in [2.24, 2.45) is 0 Å². The van der Waals surface area contributed by atoms with E-state index in [1.807, 2.05) is 6.92 Å². The molecule has 1 aromatic carbocycles. The summed E-state index contributed by atoms with van der Waals surface area (Å²) in [6.07, 6.45) is 0.773. The number of carbonyl (C=O) groups excluding carboxylic acids is 1. The van der Waals surface area contributed by atoms with Crippen molar-refractivity contribution in [3.63, 3.8) is 0 Å². The SMILES string of the molecule is CC1(NC(=O)c2cc(F)ccc2F)CCNC1. The fraction of sp³-hybridized carbons (Fsp3) is 0.417. The van der Waals surface area contributed by atoms with Gasteiger partial charge in [0.15, 0.2) is 0 Å². The highest BCUT2D eigenvalue weighted by Gasteiger charge is 2.31. The smallest absolute Gasteiger partial charge is 0.254 e. The first-order chi connectivity index (χ1) is 8.00. The van der Waals surface area contributed by atoms with E-state index in [0.29, 0.717) is 6.54 Å². The van der Waals surface area contributed by atoms with E-state index in [-0.39, 0.29) is 5.56 Å². The van der Waals surface area contributed by atoms with Crippen LogP contribution in [0.15, 0.2) is 18.2 Å². The third-order valence-electron chi connectivity index (χ3n) is 2.96. The summed E-state index contributed by atoms with van der Waals surface area (Å²) >= 11 is 0. The minimum absolute atomic E-state index is 0.252. The molecule has 1 heterocycles. The van der Waals surface area contributed by atoms with Gasteiger partial charge in [-0.1, -0.05) is 0 Å². The molecule has 1 unspecified atom stereocenters. The Kier molecular flexibility index (Phi) is 3.11. The Labute approximate surface area is 98.2 Å². The first kappa shape index (κ1) is 12.0. The fourth-order valence-corrected chi connectivity index (χ4v) is 1.94. The van der Waals surface area contributed by atoms with E-state index in [4.69, 9.17) is 0 Å². The molecule has 1 aromatic rings. The molecule has 2 N–H and O–H groups in total. The molecule has 2 rings (SSSR count). The van der Waals surface area contributed by atoms with E-state index in [9.17, 15) is 13.6 Å². The Balaban J connectivity index is 2.17. The maximum atomic E-state index is 13.4. The molecule has 0 saturated carbocycles. The average molecular weight is 240 g/mol. The highest BCUT2D eigenvalue weighted by molar-refractivity contribution is 5.95. The standard InChI is InChI=1S/C12H14F2N2O/c1-12(4-5-15-7-12)16-11(17)9-6-8(13)2-3-10(9)14/h2-3,6,15H,4-5,7H2,1H3,(H,16,17). The topological polar surface area (TPSA) is 41.1 Å². The predicted octanol–water partition coefficient (Wildman–Crippen LogP) is 1.45. The number of rotatable bonds is 2. The third kappa shape index (κ3) is 2.61. The van der Waals surface area contributed by atoms with Gasteiger partial charge in [-0.2, -0.15) is 0 Å². The molecule has 0 aliphatic carbocycles. The summed E-state index contributed by atoms with van der Waals surface area (Å²) in [5.74, 6) is -1.90. The molecule has 0 spiro atoms. The lowest BCUT2D eigenvalue weighted by Crippen LogP contribution is -2.47. The molecular formula is C12H14F2N2O. The van der Waals surface area contributed by atoms with Gasteiger partial charge in [-0.05, 0) is 38.1 Å². The maximum Gasteiger partial charge on any atom is 0.254 e. The Morgan fingerprint density at radius 1 is 1.47 bits per heavy atom. The summed E-state index contributed by atoms with van der Waals surface area (Å²) in [5.41, 5.74) is -0.645. The Morgan fingerprint density at radius 3 is 2.88 bits per heavy atom. The van der Waals surface area contributed by atoms with Gasteiger partial charge < -0.3 is 10.6 Å². The number of hydrogen-bond donors (Lipinski definition) is 2. The molecule has 0 radical (unpaired) electrons. The number of halogens is 2. The summed E-state index contributed by atoms with van der Waals surface area (Å²) in [4.78, 5) is 11.8. The van der Waals surface area contributed by atoms with Gasteiger partial charge in [0, 0.05) is 6.54 Å². The summed E-state index contributed by atoms with van der Waals surface area (Å²) in [7, 11) is 0. The van der Waals surface area contributed by atoms with Gasteiger partial charge in [-0.15, -0.1) is 0 Å². The molecule has 1 aliphatic heterocycles. The Morgan fingerprint density at radius 2 is 2.24 bits per heavy atom. The van der Waals surface area contributed by atoms with Crippen LogP contribution in [0.3, 0.4) is 0 Å². The van der Waals surface area contributed by atoms with Gasteiger partial charge in [0.25, 0.3) is 5.91 Å². The normalized spacial score (nSPS) is 23.7. The maximum absolute atomic E-state index is 13.4. The summed E-state index contributed by atoms with van der Waals surface area (Å²) in [6.45, 7) is 3.32. The Bertz CT molecular complexity index is 442. The van der Waals surface area contributed by atoms with Crippen LogP contribution in [0.1, 0.15) is 23.7 Å². The minimum Gasteiger partial charge on any atom is -0.345 e. The van der Waals surface area contributed by atoms with Crippen LogP contribution < -0.4 is 10.6 Å². The molecule has 17 heavy (non-hydrogen) atoms. The van der Waals surface area contributed by atoms with E-state index in [2.05, 4.69) is 10.6 Å². The van der Waals surface area contributed by atoms with Crippen LogP contribution in [0.25, 0.3) is 0 Å². The quantitative estimate of drug-likeness (QED) is 0.821. The molecule has 0 bridgehead atoms. The van der Waals surface area contributed by atoms with Crippen molar-refractivity contribution in [1.82, 2.24) is 10.6 Å². The minimum atomic E-state index is -0.710. The summed E-state index contributed by atoms with van der Waals surface area (Å²) < 4.78 is 26.3. The van der Waals surface area contributed by atoms with Crippen LogP contribution in [0.4, 0.5) is 8.78 Å². The molecular weight excluding hydrogens is 226 g/mol. The van der Waals surface area contributed by atoms with Crippen molar-refractivity contribution >= 4 is 5.91 Å². The number of hydrogen-bond acceptors (Lipinski definition) is 2. The van der Waals surface area contributed by atoms with E-state index in [0.717, 1.165) is 31.2 Å². The molecule has 1 fully saturated rings. The van der Waals surface area contributed by atoms with Crippen molar-refractivity contribution in [1.29, 1.82) is 0 Å². The highest BCUT2D eigenvalue weighted by atomic mass is 19.1. The lowest BCUT2D eigenvalue weighted by molar-refractivity contribution is 0.0908. The van der Waals surface area contributed by atoms with Crippen LogP contribution in [0.5, 0.6) is 0 Å². The summed E-state index contributed by atoms with van der Waals surface area (Å²) in [6, 6.07) is 2.86. The molecule has 0 aromatic heterocycles. The van der Waals surface area contributed by atoms with Crippen molar-refractivity contribution in [2.75, 3.05) is 13.1 Å². The van der Waals surface area contributed by atoms with E-state index in [1.165, 1.54) is 0 Å². The van der Waals surface area contributed by atoms with Crippen molar-refractivity contribution < 1.29 is 13.6 Å². The van der Waals surface area contributed by atoms with Crippen LogP contribution in [0.2, 0.25) is 0 Å². The first-order valence-electron chi connectivity index (χ1n) is 5.48. The number of nitrogens with one attached hydrogen (secondary N) is 2. The number of benzene rings is 1. The lowest BCUT2D eigenvalue weighted by atomic mass is 10.0. The second kappa shape index (κ2) is 4.41. The van der Waals surface area contributed by atoms with Crippen molar-refractivity contribution in [2.45, 2.75) is 18.9 Å². The molecule has 1 atom stereocenters. The van der Waals surface area contributed by atoms with E-state index >= 15 is 0 Å². The molecule has 92 valence electrons. The first-order valence-corrected chi connectivity index (χ1v) is 5.48. The van der Waals surface area contributed by atoms with Crippen LogP contribution in [-0.4, -0.2) is 24.5 Å². The largest absolute Gasteiger partial charge is 0.345 e. The third-order valence-corrected chi connectivity index (χ3v) is 2.96. The van der Waals surface area contributed by atoms with Gasteiger partial charge in [0.05, 0.1) is 11.1 Å². The van der Waals surface area contributed by atoms with Gasteiger partial charge in [-0.25, -0.2) is 8.78 Å². The van der Waals surface area contributed by atoms with Gasteiger partial charge >= 0.3 is 0 Å². The van der Waals surface area contributed by atoms with E-state index < -0.39 is 23.1 Å². The van der Waals surface area contributed by atoms with Crippen molar-refractivity contribution in [3.05, 3.63) is 35.4 Å². The van der Waals surface area contributed by atoms with Crippen molar-refractivity contribution in [3.8, 4) is 0 Å². The zero-order valence-electron chi connectivity index (χ0n) is 9.52. The monoisotopic (exact) mass is 240 g/mol. The molecule has 1 aliphatic rings. The number of carbonyl (C=O) groups is 1. The fourth-order valence-electron chi connectivity index (χ4n) is 1.94. The van der Waals surface area contributed by atoms with Crippen LogP contribution >= 0.6 is 0 Å². The van der Waals surface area contributed by atoms with Gasteiger partial charge in [0.2, 0.25) is 0 Å². The summed E-state index contributed by atoms with van der Waals surface area (Å²) in [5, 5.41) is 5.84. The highest BCUT2D eigenvalue weighted by Crippen LogP contribution is 2.16. The van der Waals surface area contributed by atoms with Crippen LogP contribution in [0, 0.1) is 11.6 Å². The van der Waals surface area contributed by atoms with Gasteiger partial charge in [0.1, 0.15) is 11.6 Å². The second-order valence-electron chi connectivity index (χ2n) is 4.57. The average Bonchev–Trinajstić information content (AvgIpc) is 2.68. The Hall–Kier alpha value is -1.49. The second-order valence-corrected chi connectivity index (χ2v) is 4.57. The zero-order chi connectivity index (χ0) is 12.5.